The summed E-state index contributed by atoms with van der Waals surface area (Å²) < 4.78 is 23.3. The minimum atomic E-state index is -3.21. The van der Waals surface area contributed by atoms with Crippen LogP contribution in [0.5, 0.6) is 0 Å². The van der Waals surface area contributed by atoms with Crippen molar-refractivity contribution in [2.45, 2.75) is 37.6 Å². The van der Waals surface area contributed by atoms with Gasteiger partial charge in [0, 0.05) is 18.2 Å². The van der Waals surface area contributed by atoms with E-state index in [0.717, 1.165) is 16.7 Å². The molecule has 1 heterocycles. The molecule has 0 bridgehead atoms. The van der Waals surface area contributed by atoms with Gasteiger partial charge in [-0.05, 0) is 46.9 Å². The Morgan fingerprint density at radius 1 is 0.962 bits per heavy atom. The molecule has 0 spiro atoms. The maximum absolute atomic E-state index is 11.7. The van der Waals surface area contributed by atoms with Gasteiger partial charge in [-0.2, -0.15) is 0 Å². The van der Waals surface area contributed by atoms with Crippen LogP contribution in [0.1, 0.15) is 31.9 Å². The average molecular weight is 369 g/mol. The Hall–Kier alpha value is -2.40. The molecule has 3 aromatic rings. The normalized spacial score (nSPS) is 12.3. The highest BCUT2D eigenvalue weighted by Crippen LogP contribution is 2.23. The van der Waals surface area contributed by atoms with Gasteiger partial charge in [0.1, 0.15) is 5.82 Å². The molecule has 0 radical (unpaired) electrons. The van der Waals surface area contributed by atoms with Crippen molar-refractivity contribution in [3.8, 4) is 0 Å². The van der Waals surface area contributed by atoms with Gasteiger partial charge in [0.25, 0.3) is 0 Å². The molecule has 5 heteroatoms. The zero-order chi connectivity index (χ0) is 18.9. The van der Waals surface area contributed by atoms with Crippen LogP contribution in [0.15, 0.2) is 59.5 Å². The molecule has 26 heavy (non-hydrogen) atoms. The van der Waals surface area contributed by atoms with Crippen molar-refractivity contribution in [2.75, 3.05) is 11.6 Å². The van der Waals surface area contributed by atoms with Crippen LogP contribution in [-0.2, 0) is 21.8 Å². The second kappa shape index (κ2) is 6.72. The van der Waals surface area contributed by atoms with Gasteiger partial charge in [0.15, 0.2) is 9.84 Å². The van der Waals surface area contributed by atoms with Crippen LogP contribution in [0.25, 0.3) is 10.9 Å². The number of nitrogens with zero attached hydrogens (tertiary/aromatic N) is 1. The Morgan fingerprint density at radius 3 is 2.27 bits per heavy atom. The minimum absolute atomic E-state index is 0.149. The Labute approximate surface area is 155 Å². The first-order valence-corrected chi connectivity index (χ1v) is 10.5. The summed E-state index contributed by atoms with van der Waals surface area (Å²) in [6.07, 6.45) is 1.21. The van der Waals surface area contributed by atoms with Crippen LogP contribution in [0, 0.1) is 0 Å². The van der Waals surface area contributed by atoms with Crippen LogP contribution >= 0.6 is 0 Å². The molecule has 1 aromatic heterocycles. The Kier molecular flexibility index (Phi) is 4.76. The van der Waals surface area contributed by atoms with E-state index in [4.69, 9.17) is 0 Å². The van der Waals surface area contributed by atoms with Gasteiger partial charge in [0.2, 0.25) is 0 Å². The molecular formula is C21H24N2O2S. The van der Waals surface area contributed by atoms with Gasteiger partial charge in [-0.3, -0.25) is 0 Å². The highest BCUT2D eigenvalue weighted by molar-refractivity contribution is 7.90. The molecule has 0 saturated heterocycles. The molecule has 4 nitrogen and oxygen atoms in total. The summed E-state index contributed by atoms with van der Waals surface area (Å²) in [7, 11) is -3.21. The van der Waals surface area contributed by atoms with E-state index in [1.54, 1.807) is 18.2 Å². The van der Waals surface area contributed by atoms with Crippen LogP contribution in [0.4, 0.5) is 5.82 Å². The molecule has 0 saturated carbocycles. The highest BCUT2D eigenvalue weighted by Gasteiger charge is 2.13. The van der Waals surface area contributed by atoms with E-state index < -0.39 is 9.84 Å². The summed E-state index contributed by atoms with van der Waals surface area (Å²) in [5, 5.41) is 4.14. The summed E-state index contributed by atoms with van der Waals surface area (Å²) in [5.74, 6) is 0.768. The first-order valence-electron chi connectivity index (χ1n) is 8.57. The largest absolute Gasteiger partial charge is 0.366 e. The number of rotatable bonds is 4. The molecular weight excluding hydrogens is 344 g/mol. The molecule has 0 atom stereocenters. The molecule has 136 valence electrons. The van der Waals surface area contributed by atoms with Crippen LogP contribution in [-0.4, -0.2) is 19.7 Å². The number of benzene rings is 2. The number of aromatic nitrogens is 1. The van der Waals surface area contributed by atoms with E-state index in [2.05, 4.69) is 55.3 Å². The fourth-order valence-electron chi connectivity index (χ4n) is 2.75. The third-order valence-electron chi connectivity index (χ3n) is 4.38. The van der Waals surface area contributed by atoms with Gasteiger partial charge in [-0.1, -0.05) is 45.0 Å². The van der Waals surface area contributed by atoms with Crippen LogP contribution in [0.2, 0.25) is 0 Å². The first-order chi connectivity index (χ1) is 12.1. The van der Waals surface area contributed by atoms with E-state index in [1.807, 2.05) is 12.1 Å². The predicted molar refractivity (Wildman–Crippen MR) is 107 cm³/mol. The van der Waals surface area contributed by atoms with Crippen LogP contribution in [0.3, 0.4) is 0 Å². The van der Waals surface area contributed by atoms with E-state index in [-0.39, 0.29) is 5.41 Å². The Bertz CT molecular complexity index is 1030. The number of hydrogen-bond donors (Lipinski definition) is 1. The number of sulfone groups is 1. The van der Waals surface area contributed by atoms with Gasteiger partial charge < -0.3 is 5.32 Å². The fourth-order valence-corrected chi connectivity index (χ4v) is 3.40. The lowest BCUT2D eigenvalue weighted by Gasteiger charge is -2.19. The van der Waals surface area contributed by atoms with E-state index in [0.29, 0.717) is 11.4 Å². The fraction of sp³-hybridized carbons (Fsp3) is 0.286. The summed E-state index contributed by atoms with van der Waals surface area (Å²) >= 11 is 0. The van der Waals surface area contributed by atoms with Crippen LogP contribution < -0.4 is 5.32 Å². The lowest BCUT2D eigenvalue weighted by molar-refractivity contribution is 0.590. The molecule has 0 aliphatic rings. The molecule has 0 fully saturated rings. The van der Waals surface area contributed by atoms with Crippen molar-refractivity contribution < 1.29 is 8.42 Å². The van der Waals surface area contributed by atoms with Gasteiger partial charge in [-0.25, -0.2) is 13.4 Å². The number of pyridine rings is 1. The van der Waals surface area contributed by atoms with E-state index in [1.165, 1.54) is 17.4 Å². The lowest BCUT2D eigenvalue weighted by Crippen LogP contribution is -2.11. The third kappa shape index (κ3) is 4.22. The predicted octanol–water partition coefficient (Wildman–Crippen LogP) is 4.55. The summed E-state index contributed by atoms with van der Waals surface area (Å²) in [6.45, 7) is 7.29. The van der Waals surface area contributed by atoms with E-state index >= 15 is 0 Å². The number of nitrogens with one attached hydrogen (secondary N) is 1. The zero-order valence-corrected chi connectivity index (χ0v) is 16.4. The smallest absolute Gasteiger partial charge is 0.175 e. The maximum Gasteiger partial charge on any atom is 0.175 e. The summed E-state index contributed by atoms with van der Waals surface area (Å²) in [5.41, 5.74) is 3.42. The standard InChI is InChI=1S/C21H24N2O2S/c1-21(2,3)17-8-5-15(6-9-17)14-22-20-12-7-16-13-18(26(4,24)25)10-11-19(16)23-20/h5-13H,14H2,1-4H3,(H,22,23). The van der Waals surface area contributed by atoms with Crippen molar-refractivity contribution in [1.29, 1.82) is 0 Å². The third-order valence-corrected chi connectivity index (χ3v) is 5.49. The minimum Gasteiger partial charge on any atom is -0.366 e. The lowest BCUT2D eigenvalue weighted by atomic mass is 9.87. The number of hydrogen-bond acceptors (Lipinski definition) is 4. The molecule has 1 N–H and O–H groups in total. The average Bonchev–Trinajstić information content (AvgIpc) is 2.58. The van der Waals surface area contributed by atoms with Gasteiger partial charge in [-0.15, -0.1) is 0 Å². The monoisotopic (exact) mass is 368 g/mol. The van der Waals surface area contributed by atoms with Crippen molar-refractivity contribution in [1.82, 2.24) is 4.98 Å². The van der Waals surface area contributed by atoms with Crippen molar-refractivity contribution in [3.05, 3.63) is 65.7 Å². The molecule has 0 aliphatic carbocycles. The number of anilines is 1. The maximum atomic E-state index is 11.7. The quantitative estimate of drug-likeness (QED) is 0.734. The second-order valence-electron chi connectivity index (χ2n) is 7.62. The van der Waals surface area contributed by atoms with E-state index in [9.17, 15) is 8.42 Å². The second-order valence-corrected chi connectivity index (χ2v) is 9.64. The first kappa shape index (κ1) is 18.4. The molecule has 3 rings (SSSR count). The summed E-state index contributed by atoms with van der Waals surface area (Å²) in [4.78, 5) is 4.88. The Morgan fingerprint density at radius 2 is 1.65 bits per heavy atom. The Balaban J connectivity index is 1.75. The number of fused-ring (bicyclic) bond motifs is 1. The van der Waals surface area contributed by atoms with Crippen molar-refractivity contribution >= 4 is 26.6 Å². The van der Waals surface area contributed by atoms with Gasteiger partial charge >= 0.3 is 0 Å². The van der Waals surface area contributed by atoms with Crippen molar-refractivity contribution in [3.63, 3.8) is 0 Å². The van der Waals surface area contributed by atoms with Crippen molar-refractivity contribution in [2.24, 2.45) is 0 Å². The SMILES string of the molecule is CC(C)(C)c1ccc(CNc2ccc3cc(S(C)(=O)=O)ccc3n2)cc1. The molecule has 0 amide bonds. The molecule has 0 unspecified atom stereocenters. The molecule has 0 aliphatic heterocycles. The topological polar surface area (TPSA) is 59.1 Å². The zero-order valence-electron chi connectivity index (χ0n) is 15.6. The summed E-state index contributed by atoms with van der Waals surface area (Å²) in [6, 6.07) is 17.4. The van der Waals surface area contributed by atoms with Gasteiger partial charge in [0.05, 0.1) is 10.4 Å². The highest BCUT2D eigenvalue weighted by atomic mass is 32.2. The molecule has 2 aromatic carbocycles.